The Bertz CT molecular complexity index is 944. The fourth-order valence-corrected chi connectivity index (χ4v) is 3.75. The van der Waals surface area contributed by atoms with E-state index in [4.69, 9.17) is 0 Å². The Morgan fingerprint density at radius 3 is 2.58 bits per heavy atom. The molecule has 24 heavy (non-hydrogen) atoms. The molecule has 3 aromatic rings. The van der Waals surface area contributed by atoms with Gasteiger partial charge >= 0.3 is 0 Å². The van der Waals surface area contributed by atoms with Crippen molar-refractivity contribution in [1.82, 2.24) is 24.3 Å². The Hall–Kier alpha value is -2.45. The molecule has 0 amide bonds. The average molecular weight is 345 g/mol. The molecule has 2 heterocycles. The first-order valence-electron chi connectivity index (χ1n) is 7.44. The van der Waals surface area contributed by atoms with Gasteiger partial charge < -0.3 is 0 Å². The lowest BCUT2D eigenvalue weighted by atomic mass is 10.1. The predicted octanol–water partition coefficient (Wildman–Crippen LogP) is 1.94. The van der Waals surface area contributed by atoms with Gasteiger partial charge in [-0.25, -0.2) is 8.42 Å². The minimum absolute atomic E-state index is 0.205. The largest absolute Gasteiger partial charge is 0.281 e. The van der Waals surface area contributed by atoms with Crippen LogP contribution < -0.4 is 0 Å². The third-order valence-electron chi connectivity index (χ3n) is 3.97. The van der Waals surface area contributed by atoms with Crippen LogP contribution in [0.4, 0.5) is 0 Å². The van der Waals surface area contributed by atoms with Crippen LogP contribution in [0.1, 0.15) is 11.4 Å². The van der Waals surface area contributed by atoms with E-state index in [2.05, 4.69) is 15.3 Å². The highest BCUT2D eigenvalue weighted by atomic mass is 32.2. The first-order chi connectivity index (χ1) is 11.4. The highest BCUT2D eigenvalue weighted by Gasteiger charge is 2.25. The van der Waals surface area contributed by atoms with Crippen molar-refractivity contribution in [2.75, 3.05) is 7.05 Å². The fourth-order valence-electron chi connectivity index (χ4n) is 2.42. The first kappa shape index (κ1) is 16.4. The number of aromatic amines is 1. The van der Waals surface area contributed by atoms with Crippen molar-refractivity contribution in [2.45, 2.75) is 18.4 Å². The summed E-state index contributed by atoms with van der Waals surface area (Å²) in [4.78, 5) is 0.218. The number of benzene rings is 1. The van der Waals surface area contributed by atoms with Gasteiger partial charge in [0, 0.05) is 19.7 Å². The molecule has 2 aromatic heterocycles. The molecule has 3 rings (SSSR count). The molecule has 0 spiro atoms. The van der Waals surface area contributed by atoms with Crippen LogP contribution in [0.3, 0.4) is 0 Å². The van der Waals surface area contributed by atoms with E-state index in [1.807, 2.05) is 36.4 Å². The van der Waals surface area contributed by atoms with Gasteiger partial charge in [-0.05, 0) is 13.0 Å². The van der Waals surface area contributed by atoms with Crippen LogP contribution in [0.5, 0.6) is 0 Å². The normalized spacial score (nSPS) is 12.0. The lowest BCUT2D eigenvalue weighted by Crippen LogP contribution is -2.27. The number of sulfonamides is 1. The molecule has 1 N–H and O–H groups in total. The minimum atomic E-state index is -3.60. The number of hydrogen-bond acceptors (Lipinski definition) is 4. The maximum atomic E-state index is 12.7. The van der Waals surface area contributed by atoms with Crippen LogP contribution >= 0.6 is 0 Å². The second-order valence-corrected chi connectivity index (χ2v) is 7.64. The number of aryl methyl sites for hydroxylation is 1. The molecule has 126 valence electrons. The fraction of sp³-hybridized carbons (Fsp3) is 0.250. The molecule has 0 fully saturated rings. The summed E-state index contributed by atoms with van der Waals surface area (Å²) < 4.78 is 28.2. The molecule has 0 unspecified atom stereocenters. The summed E-state index contributed by atoms with van der Waals surface area (Å²) >= 11 is 0. The molecule has 0 aliphatic rings. The second-order valence-electron chi connectivity index (χ2n) is 5.62. The average Bonchev–Trinajstić information content (AvgIpc) is 3.16. The summed E-state index contributed by atoms with van der Waals surface area (Å²) in [5.74, 6) is 0. The Labute approximate surface area is 141 Å². The van der Waals surface area contributed by atoms with Crippen molar-refractivity contribution in [1.29, 1.82) is 0 Å². The molecular formula is C16H19N5O2S. The maximum absolute atomic E-state index is 12.7. The van der Waals surface area contributed by atoms with Crippen molar-refractivity contribution in [3.05, 3.63) is 54.0 Å². The van der Waals surface area contributed by atoms with E-state index in [9.17, 15) is 8.42 Å². The highest BCUT2D eigenvalue weighted by Crippen LogP contribution is 2.21. The summed E-state index contributed by atoms with van der Waals surface area (Å²) in [6.45, 7) is 1.94. The van der Waals surface area contributed by atoms with Crippen LogP contribution in [0.25, 0.3) is 11.3 Å². The van der Waals surface area contributed by atoms with Crippen LogP contribution in [0.15, 0.2) is 47.5 Å². The third-order valence-corrected chi connectivity index (χ3v) is 5.88. The molecule has 0 saturated carbocycles. The molecule has 0 radical (unpaired) electrons. The van der Waals surface area contributed by atoms with Gasteiger partial charge in [-0.1, -0.05) is 30.3 Å². The first-order valence-corrected chi connectivity index (χ1v) is 8.88. The summed E-state index contributed by atoms with van der Waals surface area (Å²) in [5, 5.41) is 11.2. The molecule has 0 aliphatic heterocycles. The molecule has 8 heteroatoms. The highest BCUT2D eigenvalue weighted by molar-refractivity contribution is 7.89. The number of hydrogen-bond donors (Lipinski definition) is 1. The standard InChI is InChI=1S/C16H19N5O2S/c1-12-16(10-17-21(12)3)24(22,23)20(2)11-14-9-15(19-18-14)13-7-5-4-6-8-13/h4-10H,11H2,1-3H3,(H,18,19). The van der Waals surface area contributed by atoms with Crippen molar-refractivity contribution < 1.29 is 8.42 Å². The van der Waals surface area contributed by atoms with E-state index in [1.165, 1.54) is 10.5 Å². The van der Waals surface area contributed by atoms with Gasteiger partial charge in [0.05, 0.1) is 29.8 Å². The SMILES string of the molecule is Cc1c(S(=O)(=O)N(C)Cc2cc(-c3ccccc3)n[nH]2)cnn1C. The number of H-pyrrole nitrogens is 1. The molecule has 1 aromatic carbocycles. The molecule has 0 saturated heterocycles. The Morgan fingerprint density at radius 2 is 1.96 bits per heavy atom. The van der Waals surface area contributed by atoms with Gasteiger partial charge in [-0.15, -0.1) is 0 Å². The second kappa shape index (κ2) is 6.21. The van der Waals surface area contributed by atoms with E-state index < -0.39 is 10.0 Å². The zero-order valence-electron chi connectivity index (χ0n) is 13.8. The van der Waals surface area contributed by atoms with Crippen LogP contribution in [-0.2, 0) is 23.6 Å². The number of aromatic nitrogens is 4. The summed E-state index contributed by atoms with van der Waals surface area (Å²) in [6, 6.07) is 11.6. The third kappa shape index (κ3) is 2.98. The summed E-state index contributed by atoms with van der Waals surface area (Å²) in [7, 11) is -0.336. The van der Waals surface area contributed by atoms with Gasteiger partial charge in [-0.2, -0.15) is 14.5 Å². The van der Waals surface area contributed by atoms with Crippen LogP contribution in [-0.4, -0.2) is 39.7 Å². The predicted molar refractivity (Wildman–Crippen MR) is 90.6 cm³/mol. The van der Waals surface area contributed by atoms with Gasteiger partial charge in [-0.3, -0.25) is 9.78 Å². The zero-order chi connectivity index (χ0) is 17.3. The Morgan fingerprint density at radius 1 is 1.25 bits per heavy atom. The number of nitrogens with zero attached hydrogens (tertiary/aromatic N) is 4. The number of nitrogens with one attached hydrogen (secondary N) is 1. The minimum Gasteiger partial charge on any atom is -0.281 e. The van der Waals surface area contributed by atoms with Gasteiger partial charge in [0.2, 0.25) is 10.0 Å². The van der Waals surface area contributed by atoms with Crippen molar-refractivity contribution >= 4 is 10.0 Å². The maximum Gasteiger partial charge on any atom is 0.246 e. The monoisotopic (exact) mass is 345 g/mol. The lowest BCUT2D eigenvalue weighted by molar-refractivity contribution is 0.461. The van der Waals surface area contributed by atoms with Crippen molar-refractivity contribution in [3.63, 3.8) is 0 Å². The zero-order valence-corrected chi connectivity index (χ0v) is 14.6. The van der Waals surface area contributed by atoms with Gasteiger partial charge in [0.15, 0.2) is 0 Å². The summed E-state index contributed by atoms with van der Waals surface area (Å²) in [5.41, 5.74) is 3.10. The molecular weight excluding hydrogens is 326 g/mol. The van der Waals surface area contributed by atoms with E-state index in [1.54, 1.807) is 25.7 Å². The van der Waals surface area contributed by atoms with Crippen LogP contribution in [0, 0.1) is 6.92 Å². The summed E-state index contributed by atoms with van der Waals surface area (Å²) in [6.07, 6.45) is 1.38. The van der Waals surface area contributed by atoms with E-state index in [0.717, 1.165) is 17.0 Å². The topological polar surface area (TPSA) is 83.9 Å². The van der Waals surface area contributed by atoms with Crippen molar-refractivity contribution in [2.24, 2.45) is 7.05 Å². The molecule has 0 aliphatic carbocycles. The van der Waals surface area contributed by atoms with E-state index in [-0.39, 0.29) is 11.4 Å². The van der Waals surface area contributed by atoms with E-state index >= 15 is 0 Å². The molecule has 0 atom stereocenters. The van der Waals surface area contributed by atoms with Gasteiger partial charge in [0.25, 0.3) is 0 Å². The lowest BCUT2D eigenvalue weighted by Gasteiger charge is -2.15. The Balaban J connectivity index is 1.81. The van der Waals surface area contributed by atoms with Crippen molar-refractivity contribution in [3.8, 4) is 11.3 Å². The van der Waals surface area contributed by atoms with E-state index in [0.29, 0.717) is 5.69 Å². The quantitative estimate of drug-likeness (QED) is 0.766. The smallest absolute Gasteiger partial charge is 0.246 e. The number of rotatable bonds is 5. The van der Waals surface area contributed by atoms with Gasteiger partial charge in [0.1, 0.15) is 4.90 Å². The molecule has 7 nitrogen and oxygen atoms in total. The molecule has 0 bridgehead atoms. The Kier molecular flexibility index (Phi) is 4.25. The van der Waals surface area contributed by atoms with Crippen LogP contribution in [0.2, 0.25) is 0 Å².